The second-order valence-corrected chi connectivity index (χ2v) is 9.30. The predicted octanol–water partition coefficient (Wildman–Crippen LogP) is 10.5. The third-order valence-electron chi connectivity index (χ3n) is 4.76. The van der Waals surface area contributed by atoms with E-state index in [4.69, 9.17) is 34.8 Å². The predicted molar refractivity (Wildman–Crippen MR) is 156 cm³/mol. The van der Waals surface area contributed by atoms with Crippen molar-refractivity contribution >= 4 is 52.4 Å². The summed E-state index contributed by atoms with van der Waals surface area (Å²) in [6, 6.07) is 14.0. The van der Waals surface area contributed by atoms with Crippen LogP contribution in [0.2, 0.25) is 15.1 Å². The summed E-state index contributed by atoms with van der Waals surface area (Å²) in [6.45, 7) is 12.2. The summed E-state index contributed by atoms with van der Waals surface area (Å²) in [6.07, 6.45) is 3.13. The Kier molecular flexibility index (Phi) is 18.2. The largest absolute Gasteiger partial charge is 0.409 e. The molecule has 1 aliphatic rings. The first-order valence-corrected chi connectivity index (χ1v) is 13.9. The molecule has 202 valence electrons. The molecule has 1 aliphatic heterocycles. The lowest BCUT2D eigenvalue weighted by atomic mass is 10.0. The topological polar surface area (TPSA) is 6.48 Å². The molecule has 0 bridgehead atoms. The highest BCUT2D eigenvalue weighted by Crippen LogP contribution is 2.37. The van der Waals surface area contributed by atoms with Crippen LogP contribution in [-0.4, -0.2) is 36.4 Å². The van der Waals surface area contributed by atoms with Gasteiger partial charge in [0.25, 0.3) is 0 Å². The number of benzene rings is 2. The lowest BCUT2D eigenvalue weighted by Gasteiger charge is -2.42. The minimum Gasteiger partial charge on any atom is -0.361 e. The second-order valence-electron chi connectivity index (χ2n) is 7.14. The van der Waals surface area contributed by atoms with Crippen molar-refractivity contribution in [2.45, 2.75) is 46.8 Å². The van der Waals surface area contributed by atoms with E-state index in [1.54, 1.807) is 18.0 Å². The third-order valence-corrected chi connectivity index (χ3v) is 6.40. The highest BCUT2D eigenvalue weighted by atomic mass is 35.5. The number of piperazine rings is 1. The van der Waals surface area contributed by atoms with Gasteiger partial charge in [-0.3, -0.25) is 0 Å². The molecule has 0 amide bonds. The van der Waals surface area contributed by atoms with Gasteiger partial charge in [0.05, 0.1) is 16.8 Å². The molecule has 9 heteroatoms. The van der Waals surface area contributed by atoms with Crippen molar-refractivity contribution in [1.29, 1.82) is 0 Å². The van der Waals surface area contributed by atoms with Gasteiger partial charge in [0.15, 0.2) is 0 Å². The molecule has 0 saturated carbocycles. The number of hydrogen-bond acceptors (Lipinski definition) is 3. The Morgan fingerprint density at radius 3 is 1.83 bits per heavy atom. The molecule has 0 spiro atoms. The highest BCUT2D eigenvalue weighted by molar-refractivity contribution is 7.96. The van der Waals surface area contributed by atoms with E-state index in [0.717, 1.165) is 36.4 Å². The maximum atomic E-state index is 11.0. The Hall–Kier alpha value is -1.31. The zero-order valence-corrected chi connectivity index (χ0v) is 24.7. The zero-order chi connectivity index (χ0) is 27.7. The van der Waals surface area contributed by atoms with Crippen LogP contribution in [-0.2, 0) is 0 Å². The van der Waals surface area contributed by atoms with E-state index in [2.05, 4.69) is 27.6 Å². The fraction of sp³-hybridized carbons (Fsp3) is 0.407. The molecule has 1 fully saturated rings. The van der Waals surface area contributed by atoms with Gasteiger partial charge in [-0.05, 0) is 62.9 Å². The maximum Gasteiger partial charge on any atom is 0.409 e. The van der Waals surface area contributed by atoms with Crippen LogP contribution >= 0.6 is 46.8 Å². The molecule has 1 atom stereocenters. The Morgan fingerprint density at radius 1 is 0.861 bits per heavy atom. The monoisotopic (exact) mass is 582 g/mol. The van der Waals surface area contributed by atoms with Crippen molar-refractivity contribution in [3.8, 4) is 0 Å². The van der Waals surface area contributed by atoms with Crippen molar-refractivity contribution in [2.75, 3.05) is 30.8 Å². The van der Waals surface area contributed by atoms with Crippen LogP contribution in [0.1, 0.15) is 46.2 Å². The molecule has 1 unspecified atom stereocenters. The van der Waals surface area contributed by atoms with Gasteiger partial charge in [0, 0.05) is 35.8 Å². The zero-order valence-electron chi connectivity index (χ0n) is 21.6. The van der Waals surface area contributed by atoms with Crippen LogP contribution in [0.5, 0.6) is 0 Å². The SMILES string of the molecule is C/C=C/C(F)(F)F.C/C=C\C.CC.CSN1CCN(c2ccc(Cl)cc2Cl)C(c2ccc(Cl)cc2)C1. The maximum absolute atomic E-state index is 11.0. The van der Waals surface area contributed by atoms with Gasteiger partial charge in [0.1, 0.15) is 0 Å². The van der Waals surface area contributed by atoms with Gasteiger partial charge < -0.3 is 4.90 Å². The Labute approximate surface area is 234 Å². The Bertz CT molecular complexity index is 915. The smallest absolute Gasteiger partial charge is 0.361 e. The van der Waals surface area contributed by atoms with Crippen LogP contribution in [0, 0.1) is 0 Å². The quantitative estimate of drug-likeness (QED) is 0.262. The van der Waals surface area contributed by atoms with Crippen LogP contribution in [0.25, 0.3) is 0 Å². The first-order chi connectivity index (χ1) is 17.1. The molecule has 3 rings (SSSR count). The fourth-order valence-electron chi connectivity index (χ4n) is 3.09. The first kappa shape index (κ1) is 34.7. The summed E-state index contributed by atoms with van der Waals surface area (Å²) in [4.78, 5) is 2.36. The summed E-state index contributed by atoms with van der Waals surface area (Å²) in [5, 5.41) is 2.10. The van der Waals surface area contributed by atoms with E-state index >= 15 is 0 Å². The van der Waals surface area contributed by atoms with Gasteiger partial charge in [-0.25, -0.2) is 4.31 Å². The second kappa shape index (κ2) is 18.9. The van der Waals surface area contributed by atoms with Crippen LogP contribution in [0.3, 0.4) is 0 Å². The molecule has 0 N–H and O–H groups in total. The number of hydrogen-bond donors (Lipinski definition) is 0. The fourth-order valence-corrected chi connectivity index (χ4v) is 4.28. The van der Waals surface area contributed by atoms with Crippen molar-refractivity contribution in [3.05, 3.63) is 87.4 Å². The molecule has 2 nitrogen and oxygen atoms in total. The van der Waals surface area contributed by atoms with Gasteiger partial charge in [-0.15, -0.1) is 0 Å². The number of halogens is 6. The standard InChI is InChI=1S/C17H17Cl3N2S.C4H5F3.C4H8.C2H6/c1-23-21-8-9-22(16-7-6-14(19)10-15(16)20)17(11-21)12-2-4-13(18)5-3-12;1-2-3-4(5,6)7;1-3-4-2;1-2/h2-7,10,17H,8-9,11H2,1H3;2-3H,1H3;3-4H,1-2H3;1-2H3/b;3-2+;4-3-;. The third kappa shape index (κ3) is 13.3. The minimum atomic E-state index is -4.13. The van der Waals surface area contributed by atoms with Crippen molar-refractivity contribution < 1.29 is 13.2 Å². The first-order valence-electron chi connectivity index (χ1n) is 11.6. The molecule has 1 heterocycles. The van der Waals surface area contributed by atoms with E-state index in [1.807, 2.05) is 64.1 Å². The Balaban J connectivity index is 0.000000789. The number of anilines is 1. The van der Waals surface area contributed by atoms with E-state index in [-0.39, 0.29) is 12.1 Å². The summed E-state index contributed by atoms with van der Waals surface area (Å²) in [5.74, 6) is 0. The molecule has 2 aromatic rings. The number of alkyl halides is 3. The van der Waals surface area contributed by atoms with Crippen molar-refractivity contribution in [1.82, 2.24) is 4.31 Å². The van der Waals surface area contributed by atoms with Crippen molar-refractivity contribution in [2.24, 2.45) is 0 Å². The van der Waals surface area contributed by atoms with Crippen LogP contribution in [0.15, 0.2) is 66.8 Å². The van der Waals surface area contributed by atoms with Crippen LogP contribution < -0.4 is 4.90 Å². The molecule has 2 aromatic carbocycles. The lowest BCUT2D eigenvalue weighted by Crippen LogP contribution is -2.46. The van der Waals surface area contributed by atoms with Gasteiger partial charge in [0.2, 0.25) is 0 Å². The van der Waals surface area contributed by atoms with Crippen molar-refractivity contribution in [3.63, 3.8) is 0 Å². The normalized spacial score (nSPS) is 16.0. The summed E-state index contributed by atoms with van der Waals surface area (Å²) in [7, 11) is 0. The number of rotatable bonds is 3. The average molecular weight is 584 g/mol. The molecular formula is C27H36Cl3F3N2S. The van der Waals surface area contributed by atoms with E-state index < -0.39 is 6.18 Å². The van der Waals surface area contributed by atoms with E-state index in [9.17, 15) is 13.2 Å². The average Bonchev–Trinajstić information content (AvgIpc) is 2.85. The molecule has 0 aliphatic carbocycles. The van der Waals surface area contributed by atoms with E-state index in [1.165, 1.54) is 12.5 Å². The Morgan fingerprint density at radius 2 is 1.42 bits per heavy atom. The molecule has 0 aromatic heterocycles. The summed E-state index contributed by atoms with van der Waals surface area (Å²) < 4.78 is 35.3. The lowest BCUT2D eigenvalue weighted by molar-refractivity contribution is -0.0799. The van der Waals surface area contributed by atoms with Gasteiger partial charge in [-0.1, -0.05) is 91.0 Å². The summed E-state index contributed by atoms with van der Waals surface area (Å²) in [5.41, 5.74) is 2.26. The molecule has 1 saturated heterocycles. The highest BCUT2D eigenvalue weighted by Gasteiger charge is 2.29. The van der Waals surface area contributed by atoms with Gasteiger partial charge >= 0.3 is 6.18 Å². The molecule has 36 heavy (non-hydrogen) atoms. The summed E-state index contributed by atoms with van der Waals surface area (Å²) >= 11 is 20.3. The van der Waals surface area contributed by atoms with Gasteiger partial charge in [-0.2, -0.15) is 13.2 Å². The minimum absolute atomic E-state index is 0.188. The van der Waals surface area contributed by atoms with Crippen LogP contribution in [0.4, 0.5) is 18.9 Å². The molecule has 0 radical (unpaired) electrons. The number of allylic oxidation sites excluding steroid dienone is 4. The van der Waals surface area contributed by atoms with E-state index in [0.29, 0.717) is 10.0 Å². The molecular weight excluding hydrogens is 548 g/mol. The number of nitrogens with zero attached hydrogens (tertiary/aromatic N) is 2.